The fourth-order valence-corrected chi connectivity index (χ4v) is 1.56. The summed E-state index contributed by atoms with van der Waals surface area (Å²) in [6.07, 6.45) is 1.49. The van der Waals surface area contributed by atoms with Crippen LogP contribution in [0.15, 0.2) is 36.5 Å². The maximum absolute atomic E-state index is 12.1. The number of aryl methyl sites for hydroxylation is 1. The number of benzene rings is 1. The van der Waals surface area contributed by atoms with Gasteiger partial charge in [0, 0.05) is 18.8 Å². The number of ether oxygens (including phenoxy) is 1. The molecule has 0 N–H and O–H groups in total. The summed E-state index contributed by atoms with van der Waals surface area (Å²) in [6, 6.07) is 7.23. The summed E-state index contributed by atoms with van der Waals surface area (Å²) >= 11 is 0. The Balaban J connectivity index is 2.29. The van der Waals surface area contributed by atoms with Gasteiger partial charge in [0.15, 0.2) is 0 Å². The average molecular weight is 252 g/mol. The van der Waals surface area contributed by atoms with E-state index in [2.05, 4.69) is 9.84 Å². The summed E-state index contributed by atoms with van der Waals surface area (Å²) in [5.74, 6) is -0.340. The Morgan fingerprint density at radius 1 is 1.39 bits per heavy atom. The molecular formula is C12H10F2N2O2. The third-order valence-electron chi connectivity index (χ3n) is 2.37. The number of hydrogen-bond donors (Lipinski definition) is 0. The number of ketones is 1. The lowest BCUT2D eigenvalue weighted by Crippen LogP contribution is -2.09. The highest BCUT2D eigenvalue weighted by Gasteiger charge is 2.14. The van der Waals surface area contributed by atoms with E-state index >= 15 is 0 Å². The van der Waals surface area contributed by atoms with Gasteiger partial charge in [-0.15, -0.1) is 0 Å². The Kier molecular flexibility index (Phi) is 3.36. The second-order valence-electron chi connectivity index (χ2n) is 3.58. The Morgan fingerprint density at radius 2 is 2.17 bits per heavy atom. The van der Waals surface area contributed by atoms with Crippen LogP contribution in [0.25, 0.3) is 0 Å². The molecule has 1 aromatic heterocycles. The van der Waals surface area contributed by atoms with Gasteiger partial charge in [0.1, 0.15) is 11.4 Å². The van der Waals surface area contributed by atoms with Gasteiger partial charge in [0.2, 0.25) is 5.78 Å². The number of carbonyl (C=O) groups excluding carboxylic acids is 1. The van der Waals surface area contributed by atoms with E-state index in [1.165, 1.54) is 35.1 Å². The second-order valence-corrected chi connectivity index (χ2v) is 3.58. The molecule has 0 saturated heterocycles. The zero-order chi connectivity index (χ0) is 13.1. The largest absolute Gasteiger partial charge is 0.435 e. The smallest absolute Gasteiger partial charge is 0.387 e. The molecule has 1 aromatic carbocycles. The summed E-state index contributed by atoms with van der Waals surface area (Å²) in [6.45, 7) is -2.91. The molecule has 0 aliphatic rings. The van der Waals surface area contributed by atoms with Crippen molar-refractivity contribution in [1.82, 2.24) is 9.78 Å². The SMILES string of the molecule is Cn1nccc1C(=O)c1cccc(OC(F)F)c1. The van der Waals surface area contributed by atoms with Gasteiger partial charge in [-0.1, -0.05) is 12.1 Å². The zero-order valence-electron chi connectivity index (χ0n) is 9.51. The molecule has 0 radical (unpaired) electrons. The van der Waals surface area contributed by atoms with Crippen molar-refractivity contribution in [3.8, 4) is 5.75 Å². The van der Waals surface area contributed by atoms with E-state index in [1.54, 1.807) is 13.1 Å². The molecular weight excluding hydrogens is 242 g/mol. The lowest BCUT2D eigenvalue weighted by molar-refractivity contribution is -0.0498. The first kappa shape index (κ1) is 12.2. The predicted octanol–water partition coefficient (Wildman–Crippen LogP) is 2.25. The van der Waals surface area contributed by atoms with Gasteiger partial charge >= 0.3 is 6.61 Å². The lowest BCUT2D eigenvalue weighted by Gasteiger charge is -2.06. The highest BCUT2D eigenvalue weighted by Crippen LogP contribution is 2.18. The predicted molar refractivity (Wildman–Crippen MR) is 59.7 cm³/mol. The number of hydrogen-bond acceptors (Lipinski definition) is 3. The van der Waals surface area contributed by atoms with Crippen molar-refractivity contribution in [3.05, 3.63) is 47.8 Å². The maximum Gasteiger partial charge on any atom is 0.387 e. The number of alkyl halides is 2. The average Bonchev–Trinajstić information content (AvgIpc) is 2.74. The van der Waals surface area contributed by atoms with Gasteiger partial charge in [-0.3, -0.25) is 9.48 Å². The molecule has 94 valence electrons. The Morgan fingerprint density at radius 3 is 2.78 bits per heavy atom. The summed E-state index contributed by atoms with van der Waals surface area (Å²) in [5.41, 5.74) is 0.654. The molecule has 0 unspecified atom stereocenters. The first-order valence-electron chi connectivity index (χ1n) is 5.15. The van der Waals surface area contributed by atoms with E-state index in [1.807, 2.05) is 0 Å². The van der Waals surface area contributed by atoms with Gasteiger partial charge in [0.05, 0.1) is 0 Å². The Labute approximate surface area is 102 Å². The van der Waals surface area contributed by atoms with Gasteiger partial charge in [-0.25, -0.2) is 0 Å². The number of carbonyl (C=O) groups is 1. The molecule has 0 aliphatic carbocycles. The standard InChI is InChI=1S/C12H10F2N2O2/c1-16-10(5-6-15-16)11(17)8-3-2-4-9(7-8)18-12(13)14/h2-7,12H,1H3. The van der Waals surface area contributed by atoms with Crippen molar-refractivity contribution in [2.24, 2.45) is 7.05 Å². The van der Waals surface area contributed by atoms with Crippen molar-refractivity contribution in [3.63, 3.8) is 0 Å². The molecule has 0 fully saturated rings. The zero-order valence-corrected chi connectivity index (χ0v) is 9.51. The van der Waals surface area contributed by atoms with E-state index in [4.69, 9.17) is 0 Å². The van der Waals surface area contributed by atoms with E-state index in [0.717, 1.165) is 0 Å². The van der Waals surface area contributed by atoms with E-state index in [9.17, 15) is 13.6 Å². The van der Waals surface area contributed by atoms with Crippen LogP contribution in [0.1, 0.15) is 16.1 Å². The fourth-order valence-electron chi connectivity index (χ4n) is 1.56. The highest BCUT2D eigenvalue weighted by atomic mass is 19.3. The molecule has 2 rings (SSSR count). The molecule has 0 bridgehead atoms. The Hall–Kier alpha value is -2.24. The van der Waals surface area contributed by atoms with Crippen LogP contribution >= 0.6 is 0 Å². The van der Waals surface area contributed by atoms with Crippen LogP contribution in [-0.4, -0.2) is 22.2 Å². The number of aromatic nitrogens is 2. The Bertz CT molecular complexity index is 567. The molecule has 2 aromatic rings. The minimum absolute atomic E-state index is 0.0435. The second kappa shape index (κ2) is 4.95. The third kappa shape index (κ3) is 2.53. The summed E-state index contributed by atoms with van der Waals surface area (Å²) in [5, 5.41) is 3.88. The molecule has 6 heteroatoms. The molecule has 0 amide bonds. The molecule has 0 spiro atoms. The van der Waals surface area contributed by atoms with Crippen molar-refractivity contribution >= 4 is 5.78 Å². The van der Waals surface area contributed by atoms with Crippen LogP contribution in [0, 0.1) is 0 Å². The van der Waals surface area contributed by atoms with E-state index in [-0.39, 0.29) is 17.1 Å². The molecule has 0 saturated carbocycles. The normalized spacial score (nSPS) is 10.7. The van der Waals surface area contributed by atoms with Gasteiger partial charge in [0.25, 0.3) is 0 Å². The van der Waals surface area contributed by atoms with Crippen molar-refractivity contribution in [2.75, 3.05) is 0 Å². The van der Waals surface area contributed by atoms with Crippen LogP contribution in [0.2, 0.25) is 0 Å². The number of rotatable bonds is 4. The van der Waals surface area contributed by atoms with Crippen LogP contribution in [0.4, 0.5) is 8.78 Å². The topological polar surface area (TPSA) is 44.1 Å². The first-order chi connectivity index (χ1) is 8.58. The van der Waals surface area contributed by atoms with Crippen LogP contribution in [0.3, 0.4) is 0 Å². The molecule has 0 aliphatic heterocycles. The van der Waals surface area contributed by atoms with E-state index < -0.39 is 6.61 Å². The van der Waals surface area contributed by atoms with Crippen molar-refractivity contribution in [2.45, 2.75) is 6.61 Å². The molecule has 0 atom stereocenters. The molecule has 4 nitrogen and oxygen atoms in total. The van der Waals surface area contributed by atoms with Crippen LogP contribution < -0.4 is 4.74 Å². The number of nitrogens with zero attached hydrogens (tertiary/aromatic N) is 2. The summed E-state index contributed by atoms with van der Waals surface area (Å²) in [7, 11) is 1.63. The first-order valence-corrected chi connectivity index (χ1v) is 5.15. The monoisotopic (exact) mass is 252 g/mol. The molecule has 1 heterocycles. The van der Waals surface area contributed by atoms with Gasteiger partial charge in [-0.2, -0.15) is 13.9 Å². The summed E-state index contributed by atoms with van der Waals surface area (Å²) in [4.78, 5) is 12.1. The van der Waals surface area contributed by atoms with Crippen molar-refractivity contribution in [1.29, 1.82) is 0 Å². The van der Waals surface area contributed by atoms with Crippen molar-refractivity contribution < 1.29 is 18.3 Å². The fraction of sp³-hybridized carbons (Fsp3) is 0.167. The van der Waals surface area contributed by atoms with Gasteiger partial charge in [-0.05, 0) is 18.2 Å². The van der Waals surface area contributed by atoms with Crippen LogP contribution in [-0.2, 0) is 7.05 Å². The highest BCUT2D eigenvalue weighted by molar-refractivity contribution is 6.08. The van der Waals surface area contributed by atoms with E-state index in [0.29, 0.717) is 5.69 Å². The number of halogens is 2. The third-order valence-corrected chi connectivity index (χ3v) is 2.37. The summed E-state index contributed by atoms with van der Waals surface area (Å²) < 4.78 is 29.8. The maximum atomic E-state index is 12.1. The van der Waals surface area contributed by atoms with Crippen LogP contribution in [0.5, 0.6) is 5.75 Å². The van der Waals surface area contributed by atoms with Gasteiger partial charge < -0.3 is 4.74 Å². The quantitative estimate of drug-likeness (QED) is 0.784. The minimum Gasteiger partial charge on any atom is -0.435 e. The molecule has 18 heavy (non-hydrogen) atoms. The minimum atomic E-state index is -2.91. The lowest BCUT2D eigenvalue weighted by atomic mass is 10.1.